The predicted molar refractivity (Wildman–Crippen MR) is 76.1 cm³/mol. The minimum absolute atomic E-state index is 0.111. The molecule has 1 heterocycles. The van der Waals surface area contributed by atoms with Gasteiger partial charge in [0.15, 0.2) is 0 Å². The van der Waals surface area contributed by atoms with Crippen LogP contribution in [0.25, 0.3) is 0 Å². The summed E-state index contributed by atoms with van der Waals surface area (Å²) >= 11 is 0. The summed E-state index contributed by atoms with van der Waals surface area (Å²) in [6.45, 7) is 7.88. The molecule has 1 unspecified atom stereocenters. The lowest BCUT2D eigenvalue weighted by Gasteiger charge is -2.27. The Morgan fingerprint density at radius 3 is 2.55 bits per heavy atom. The lowest BCUT2D eigenvalue weighted by atomic mass is 9.97. The third-order valence-corrected chi connectivity index (χ3v) is 3.50. The Labute approximate surface area is 118 Å². The van der Waals surface area contributed by atoms with Crippen molar-refractivity contribution in [2.24, 2.45) is 0 Å². The van der Waals surface area contributed by atoms with Crippen LogP contribution >= 0.6 is 0 Å². The molecule has 5 nitrogen and oxygen atoms in total. The van der Waals surface area contributed by atoms with Crippen LogP contribution in [0.2, 0.25) is 0 Å². The second-order valence-corrected chi connectivity index (χ2v) is 6.34. The number of carboxylic acid groups (broad SMARTS) is 1. The number of hydrogen-bond acceptors (Lipinski definition) is 4. The van der Waals surface area contributed by atoms with Crippen molar-refractivity contribution in [2.75, 3.05) is 5.73 Å². The molecule has 0 aliphatic carbocycles. The van der Waals surface area contributed by atoms with Crippen molar-refractivity contribution in [3.63, 3.8) is 0 Å². The number of ether oxygens (including phenoxy) is 2. The normalized spacial score (nSPS) is 23.5. The molecule has 2 rings (SSSR count). The number of nitrogen functional groups attached to an aromatic ring is 1. The summed E-state index contributed by atoms with van der Waals surface area (Å²) in [7, 11) is 0. The first-order valence-corrected chi connectivity index (χ1v) is 6.60. The van der Waals surface area contributed by atoms with Gasteiger partial charge in [-0.3, -0.25) is 0 Å². The Hall–Kier alpha value is -1.75. The molecule has 1 saturated heterocycles. The van der Waals surface area contributed by atoms with Gasteiger partial charge in [-0.2, -0.15) is 0 Å². The fourth-order valence-corrected chi connectivity index (χ4v) is 2.66. The number of hydrogen-bond donors (Lipinski definition) is 2. The van der Waals surface area contributed by atoms with Crippen LogP contribution in [0, 0.1) is 0 Å². The second kappa shape index (κ2) is 4.66. The average molecular weight is 279 g/mol. The molecule has 0 bridgehead atoms. The third-order valence-electron chi connectivity index (χ3n) is 3.50. The number of aromatic carboxylic acids is 1. The zero-order chi connectivity index (χ0) is 15.1. The molecule has 0 amide bonds. The number of benzene rings is 1. The van der Waals surface area contributed by atoms with E-state index in [4.69, 9.17) is 15.2 Å². The summed E-state index contributed by atoms with van der Waals surface area (Å²) in [5, 5.41) is 9.21. The van der Waals surface area contributed by atoms with Gasteiger partial charge >= 0.3 is 5.97 Å². The molecule has 0 aromatic heterocycles. The maximum Gasteiger partial charge on any atom is 0.339 e. The number of anilines is 1. The Morgan fingerprint density at radius 2 is 2.05 bits per heavy atom. The van der Waals surface area contributed by atoms with Gasteiger partial charge in [0, 0.05) is 18.2 Å². The van der Waals surface area contributed by atoms with E-state index in [0.29, 0.717) is 12.1 Å². The van der Waals surface area contributed by atoms with Crippen molar-refractivity contribution >= 4 is 11.7 Å². The van der Waals surface area contributed by atoms with Crippen LogP contribution in [-0.2, 0) is 4.74 Å². The maximum atomic E-state index is 11.2. The Kier molecular flexibility index (Phi) is 3.42. The van der Waals surface area contributed by atoms with Crippen LogP contribution in [-0.4, -0.2) is 28.4 Å². The molecule has 1 fully saturated rings. The van der Waals surface area contributed by atoms with Gasteiger partial charge in [0.1, 0.15) is 23.0 Å². The molecule has 0 saturated carbocycles. The van der Waals surface area contributed by atoms with Crippen molar-refractivity contribution < 1.29 is 19.4 Å². The monoisotopic (exact) mass is 279 g/mol. The highest BCUT2D eigenvalue weighted by Crippen LogP contribution is 2.40. The minimum atomic E-state index is -1.03. The highest BCUT2D eigenvalue weighted by Gasteiger charge is 2.47. The van der Waals surface area contributed by atoms with Crippen molar-refractivity contribution in [3.8, 4) is 5.75 Å². The lowest BCUT2D eigenvalue weighted by molar-refractivity contribution is -0.0846. The van der Waals surface area contributed by atoms with E-state index in [9.17, 15) is 9.90 Å². The summed E-state index contributed by atoms with van der Waals surface area (Å²) in [5.41, 5.74) is 5.53. The molecule has 110 valence electrons. The molecule has 20 heavy (non-hydrogen) atoms. The smallest absolute Gasteiger partial charge is 0.339 e. The Balaban J connectivity index is 2.30. The van der Waals surface area contributed by atoms with Crippen molar-refractivity contribution in [1.29, 1.82) is 0 Å². The van der Waals surface area contributed by atoms with E-state index in [2.05, 4.69) is 0 Å². The van der Waals surface area contributed by atoms with Crippen LogP contribution < -0.4 is 10.5 Å². The van der Waals surface area contributed by atoms with Crippen LogP contribution in [0.15, 0.2) is 18.2 Å². The van der Waals surface area contributed by atoms with Gasteiger partial charge in [-0.05, 0) is 39.8 Å². The highest BCUT2D eigenvalue weighted by atomic mass is 16.6. The summed E-state index contributed by atoms with van der Waals surface area (Å²) in [6.07, 6.45) is 0.464. The second-order valence-electron chi connectivity index (χ2n) is 6.34. The van der Waals surface area contributed by atoms with Crippen LogP contribution in [0.3, 0.4) is 0 Å². The van der Waals surface area contributed by atoms with Crippen LogP contribution in [0.1, 0.15) is 44.5 Å². The number of rotatable bonds is 3. The number of carbonyl (C=O) groups is 1. The third kappa shape index (κ3) is 2.88. The molecule has 1 atom stereocenters. The van der Waals surface area contributed by atoms with E-state index in [1.165, 1.54) is 6.07 Å². The minimum Gasteiger partial charge on any atom is -0.486 e. The van der Waals surface area contributed by atoms with Gasteiger partial charge in [0.25, 0.3) is 0 Å². The van der Waals surface area contributed by atoms with Gasteiger partial charge in [0.05, 0.1) is 5.60 Å². The van der Waals surface area contributed by atoms with E-state index in [-0.39, 0.29) is 23.0 Å². The quantitative estimate of drug-likeness (QED) is 0.831. The summed E-state index contributed by atoms with van der Waals surface area (Å²) < 4.78 is 11.9. The molecule has 3 N–H and O–H groups in total. The molecular formula is C15H21NO4. The first-order chi connectivity index (χ1) is 9.11. The standard InChI is InChI=1S/C15H21NO4/c1-14(2)8-12(15(3,4)20-14)19-11-7-9(16)5-6-10(11)13(17)18/h5-7,12H,8,16H2,1-4H3,(H,17,18). The molecule has 1 aromatic rings. The molecule has 0 radical (unpaired) electrons. The van der Waals surface area contributed by atoms with Crippen LogP contribution in [0.5, 0.6) is 5.75 Å². The lowest BCUT2D eigenvalue weighted by Crippen LogP contribution is -2.37. The topological polar surface area (TPSA) is 81.8 Å². The zero-order valence-electron chi connectivity index (χ0n) is 12.3. The van der Waals surface area contributed by atoms with E-state index < -0.39 is 11.6 Å². The Morgan fingerprint density at radius 1 is 1.40 bits per heavy atom. The maximum absolute atomic E-state index is 11.2. The fraction of sp³-hybridized carbons (Fsp3) is 0.533. The van der Waals surface area contributed by atoms with E-state index in [1.807, 2.05) is 27.7 Å². The zero-order valence-corrected chi connectivity index (χ0v) is 12.3. The van der Waals surface area contributed by atoms with Crippen molar-refractivity contribution in [1.82, 2.24) is 0 Å². The summed E-state index contributed by atoms with van der Waals surface area (Å²) in [6, 6.07) is 4.56. The van der Waals surface area contributed by atoms with E-state index >= 15 is 0 Å². The first-order valence-electron chi connectivity index (χ1n) is 6.60. The molecule has 1 aliphatic heterocycles. The van der Waals surface area contributed by atoms with Crippen molar-refractivity contribution in [3.05, 3.63) is 23.8 Å². The van der Waals surface area contributed by atoms with Crippen LogP contribution in [0.4, 0.5) is 5.69 Å². The predicted octanol–water partition coefficient (Wildman–Crippen LogP) is 2.69. The van der Waals surface area contributed by atoms with Gasteiger partial charge < -0.3 is 20.3 Å². The SMILES string of the molecule is CC1(C)CC(Oc2cc(N)ccc2C(=O)O)C(C)(C)O1. The van der Waals surface area contributed by atoms with Gasteiger partial charge in [-0.15, -0.1) is 0 Å². The van der Waals surface area contributed by atoms with Crippen molar-refractivity contribution in [2.45, 2.75) is 51.4 Å². The van der Waals surface area contributed by atoms with E-state index in [0.717, 1.165) is 0 Å². The fourth-order valence-electron chi connectivity index (χ4n) is 2.66. The molecule has 5 heteroatoms. The van der Waals surface area contributed by atoms with Gasteiger partial charge in [0.2, 0.25) is 0 Å². The number of nitrogens with two attached hydrogens (primary N) is 1. The molecule has 0 spiro atoms. The van der Waals surface area contributed by atoms with E-state index in [1.54, 1.807) is 12.1 Å². The molecular weight excluding hydrogens is 258 g/mol. The van der Waals surface area contributed by atoms with Gasteiger partial charge in [-0.25, -0.2) is 4.79 Å². The number of carboxylic acids is 1. The largest absolute Gasteiger partial charge is 0.486 e. The average Bonchev–Trinajstić information content (AvgIpc) is 2.46. The summed E-state index contributed by atoms with van der Waals surface area (Å²) in [4.78, 5) is 11.2. The molecule has 1 aliphatic rings. The Bertz CT molecular complexity index is 537. The first kappa shape index (κ1) is 14.7. The summed E-state index contributed by atoms with van der Waals surface area (Å²) in [5.74, 6) is -0.743. The van der Waals surface area contributed by atoms with Gasteiger partial charge in [-0.1, -0.05) is 0 Å². The highest BCUT2D eigenvalue weighted by molar-refractivity contribution is 5.91. The molecule has 1 aromatic carbocycles.